The number of hydrogen-bond donors (Lipinski definition) is 3. The van der Waals surface area contributed by atoms with Crippen molar-refractivity contribution in [2.75, 3.05) is 6.54 Å². The number of imide groups is 1. The zero-order valence-electron chi connectivity index (χ0n) is 12.9. The molecule has 3 N–H and O–H groups in total. The highest BCUT2D eigenvalue weighted by molar-refractivity contribution is 6.49. The molecule has 3 heterocycles. The minimum atomic E-state index is -1.24. The molecule has 0 saturated heterocycles. The molecule has 2 amide bonds. The molecule has 0 fully saturated rings. The van der Waals surface area contributed by atoms with Gasteiger partial charge in [0, 0.05) is 28.9 Å². The van der Waals surface area contributed by atoms with Gasteiger partial charge in [0.15, 0.2) is 0 Å². The minimum absolute atomic E-state index is 0.181. The molecule has 124 valence electrons. The number of carbonyl (C=O) groups excluding carboxylic acids is 2. The number of nitrogens with zero attached hydrogens (tertiary/aromatic N) is 1. The van der Waals surface area contributed by atoms with Crippen molar-refractivity contribution in [2.45, 2.75) is 0 Å². The molecule has 3 aromatic rings. The van der Waals surface area contributed by atoms with E-state index in [-0.39, 0.29) is 11.1 Å². The lowest BCUT2D eigenvalue weighted by atomic mass is 9.99. The van der Waals surface area contributed by atoms with Crippen molar-refractivity contribution in [3.05, 3.63) is 60.0 Å². The number of carbonyl (C=O) groups is 3. The number of fused-ring (bicyclic) bond motifs is 1. The van der Waals surface area contributed by atoms with Crippen molar-refractivity contribution in [3.63, 3.8) is 0 Å². The van der Waals surface area contributed by atoms with Crippen molar-refractivity contribution in [3.8, 4) is 0 Å². The Morgan fingerprint density at radius 3 is 2.48 bits per heavy atom. The number of rotatable bonds is 4. The van der Waals surface area contributed by atoms with E-state index in [1.54, 1.807) is 24.5 Å². The number of hydrogen-bond acceptors (Lipinski definition) is 3. The number of H-pyrrole nitrogens is 2. The molecule has 0 aliphatic carbocycles. The van der Waals surface area contributed by atoms with Crippen LogP contribution in [0.3, 0.4) is 0 Å². The highest BCUT2D eigenvalue weighted by atomic mass is 16.4. The average Bonchev–Trinajstić information content (AvgIpc) is 3.29. The van der Waals surface area contributed by atoms with Gasteiger partial charge in [0.1, 0.15) is 6.54 Å². The van der Waals surface area contributed by atoms with Crippen LogP contribution in [0.15, 0.2) is 48.8 Å². The predicted molar refractivity (Wildman–Crippen MR) is 90.3 cm³/mol. The number of aliphatic carboxylic acids is 1. The van der Waals surface area contributed by atoms with Crippen LogP contribution >= 0.6 is 0 Å². The third-order valence-electron chi connectivity index (χ3n) is 4.19. The van der Waals surface area contributed by atoms with Crippen LogP contribution in [0.25, 0.3) is 22.0 Å². The molecule has 4 rings (SSSR count). The maximum absolute atomic E-state index is 12.9. The zero-order chi connectivity index (χ0) is 17.6. The average molecular weight is 335 g/mol. The summed E-state index contributed by atoms with van der Waals surface area (Å²) in [5, 5.41) is 9.83. The molecule has 0 radical (unpaired) electrons. The van der Waals surface area contributed by atoms with Crippen LogP contribution in [0.2, 0.25) is 0 Å². The second-order valence-electron chi connectivity index (χ2n) is 5.67. The molecule has 0 spiro atoms. The van der Waals surface area contributed by atoms with Gasteiger partial charge in [-0.2, -0.15) is 0 Å². The Morgan fingerprint density at radius 1 is 1.00 bits per heavy atom. The van der Waals surface area contributed by atoms with Crippen LogP contribution in [-0.2, 0) is 14.4 Å². The maximum atomic E-state index is 12.9. The summed E-state index contributed by atoms with van der Waals surface area (Å²) in [6.45, 7) is -0.673. The zero-order valence-corrected chi connectivity index (χ0v) is 12.9. The number of aromatic amines is 2. The largest absolute Gasteiger partial charge is 0.480 e. The van der Waals surface area contributed by atoms with Crippen molar-refractivity contribution < 1.29 is 19.5 Å². The van der Waals surface area contributed by atoms with Crippen molar-refractivity contribution in [1.29, 1.82) is 0 Å². The monoisotopic (exact) mass is 335 g/mol. The van der Waals surface area contributed by atoms with E-state index in [2.05, 4.69) is 9.97 Å². The lowest BCUT2D eigenvalue weighted by Gasteiger charge is -2.11. The molecule has 7 nitrogen and oxygen atoms in total. The number of carboxylic acids is 1. The van der Waals surface area contributed by atoms with E-state index >= 15 is 0 Å². The van der Waals surface area contributed by atoms with Gasteiger partial charge < -0.3 is 15.1 Å². The minimum Gasteiger partial charge on any atom is -0.480 e. The molecule has 0 unspecified atom stereocenters. The molecular formula is C18H13N3O4. The fourth-order valence-electron chi connectivity index (χ4n) is 3.12. The molecule has 1 aliphatic rings. The summed E-state index contributed by atoms with van der Waals surface area (Å²) >= 11 is 0. The first kappa shape index (κ1) is 14.9. The van der Waals surface area contributed by atoms with Crippen LogP contribution in [0.1, 0.15) is 11.3 Å². The molecule has 7 heteroatoms. The number of para-hydroxylation sites is 1. The molecule has 0 saturated carbocycles. The van der Waals surface area contributed by atoms with Gasteiger partial charge in [-0.25, -0.2) is 0 Å². The molecule has 0 atom stereocenters. The van der Waals surface area contributed by atoms with Crippen molar-refractivity contribution in [2.24, 2.45) is 0 Å². The molecule has 25 heavy (non-hydrogen) atoms. The summed E-state index contributed by atoms with van der Waals surface area (Å²) < 4.78 is 0. The Morgan fingerprint density at radius 2 is 1.76 bits per heavy atom. The summed E-state index contributed by atoms with van der Waals surface area (Å²) in [7, 11) is 0. The molecule has 1 aliphatic heterocycles. The fourth-order valence-corrected chi connectivity index (χ4v) is 3.12. The summed E-state index contributed by atoms with van der Waals surface area (Å²) in [5.74, 6) is -2.47. The van der Waals surface area contributed by atoms with E-state index in [0.717, 1.165) is 15.8 Å². The van der Waals surface area contributed by atoms with E-state index in [1.165, 1.54) is 0 Å². The van der Waals surface area contributed by atoms with Crippen molar-refractivity contribution >= 4 is 39.8 Å². The summed E-state index contributed by atoms with van der Waals surface area (Å²) in [6.07, 6.45) is 3.31. The molecule has 1 aromatic carbocycles. The first-order valence-electron chi connectivity index (χ1n) is 7.60. The van der Waals surface area contributed by atoms with Crippen LogP contribution in [0, 0.1) is 0 Å². The van der Waals surface area contributed by atoms with E-state index < -0.39 is 24.3 Å². The third-order valence-corrected chi connectivity index (χ3v) is 4.19. The van der Waals surface area contributed by atoms with Crippen LogP contribution in [-0.4, -0.2) is 44.3 Å². The highest BCUT2D eigenvalue weighted by Gasteiger charge is 2.41. The van der Waals surface area contributed by atoms with E-state index in [1.807, 2.05) is 24.3 Å². The second-order valence-corrected chi connectivity index (χ2v) is 5.67. The van der Waals surface area contributed by atoms with Gasteiger partial charge in [-0.1, -0.05) is 18.2 Å². The quantitative estimate of drug-likeness (QED) is 0.633. The highest BCUT2D eigenvalue weighted by Crippen LogP contribution is 2.37. The van der Waals surface area contributed by atoms with E-state index in [0.29, 0.717) is 11.3 Å². The van der Waals surface area contributed by atoms with Gasteiger partial charge in [0.05, 0.1) is 16.8 Å². The van der Waals surface area contributed by atoms with Crippen LogP contribution in [0.4, 0.5) is 0 Å². The van der Waals surface area contributed by atoms with Gasteiger partial charge in [0.2, 0.25) is 0 Å². The summed E-state index contributed by atoms with van der Waals surface area (Å²) in [6, 6.07) is 10.8. The normalized spacial score (nSPS) is 14.8. The van der Waals surface area contributed by atoms with Gasteiger partial charge >= 0.3 is 5.97 Å². The molecule has 2 aromatic heterocycles. The van der Waals surface area contributed by atoms with Crippen molar-refractivity contribution in [1.82, 2.24) is 14.9 Å². The summed E-state index contributed by atoms with van der Waals surface area (Å²) in [5.41, 5.74) is 2.26. The lowest BCUT2D eigenvalue weighted by Crippen LogP contribution is -2.36. The number of amides is 2. The first-order valence-corrected chi connectivity index (χ1v) is 7.60. The first-order chi connectivity index (χ1) is 12.1. The number of benzene rings is 1. The SMILES string of the molecule is O=C(O)CN1C(=O)C(c2ccc[nH]2)=C(c2c[nH]c3ccccc23)C1=O. The van der Waals surface area contributed by atoms with E-state index in [9.17, 15) is 14.4 Å². The van der Waals surface area contributed by atoms with E-state index in [4.69, 9.17) is 5.11 Å². The summed E-state index contributed by atoms with van der Waals surface area (Å²) in [4.78, 5) is 43.4. The Hall–Kier alpha value is -3.61. The number of carboxylic acid groups (broad SMARTS) is 1. The van der Waals surface area contributed by atoms with Gasteiger partial charge in [0.25, 0.3) is 11.8 Å². The third kappa shape index (κ3) is 2.25. The predicted octanol–water partition coefficient (Wildman–Crippen LogP) is 1.86. The van der Waals surface area contributed by atoms with Gasteiger partial charge in [-0.15, -0.1) is 0 Å². The Balaban J connectivity index is 1.96. The standard InChI is InChI=1S/C18H13N3O4/c22-14(23)9-21-17(24)15(16(18(21)25)13-6-3-7-19-13)11-8-20-12-5-2-1-4-10(11)12/h1-8,19-20H,9H2,(H,22,23). The Labute approximate surface area is 141 Å². The topological polar surface area (TPSA) is 106 Å². The number of nitrogens with one attached hydrogen (secondary N) is 2. The lowest BCUT2D eigenvalue weighted by molar-refractivity contribution is -0.147. The Bertz CT molecular complexity index is 1040. The maximum Gasteiger partial charge on any atom is 0.323 e. The second kappa shape index (κ2) is 5.48. The van der Waals surface area contributed by atoms with Gasteiger partial charge in [-0.05, 0) is 18.2 Å². The smallest absolute Gasteiger partial charge is 0.323 e. The van der Waals surface area contributed by atoms with Crippen LogP contribution in [0.5, 0.6) is 0 Å². The van der Waals surface area contributed by atoms with Crippen LogP contribution < -0.4 is 0 Å². The molecule has 0 bridgehead atoms. The number of aromatic nitrogens is 2. The fraction of sp³-hybridized carbons (Fsp3) is 0.0556. The Kier molecular flexibility index (Phi) is 3.28. The molecular weight excluding hydrogens is 322 g/mol. The van der Waals surface area contributed by atoms with Gasteiger partial charge in [-0.3, -0.25) is 19.3 Å².